The molecule has 2 unspecified atom stereocenters. The third-order valence-electron chi connectivity index (χ3n) is 3.89. The summed E-state index contributed by atoms with van der Waals surface area (Å²) in [5.41, 5.74) is 0. The van der Waals surface area contributed by atoms with E-state index >= 15 is 0 Å². The van der Waals surface area contributed by atoms with Crippen LogP contribution in [0.15, 0.2) is 0 Å². The molecule has 2 rings (SSSR count). The first-order valence-corrected chi connectivity index (χ1v) is 6.73. The van der Waals surface area contributed by atoms with E-state index in [9.17, 15) is 0 Å². The average molecular weight is 226 g/mol. The maximum absolute atomic E-state index is 5.53. The van der Waals surface area contributed by atoms with Crippen LogP contribution >= 0.6 is 0 Å². The van der Waals surface area contributed by atoms with E-state index in [0.717, 1.165) is 25.0 Å². The van der Waals surface area contributed by atoms with Crippen LogP contribution in [0.25, 0.3) is 0 Å². The lowest BCUT2D eigenvalue weighted by molar-refractivity contribution is 0.0407. The molecular formula is C13H26N2O. The first-order valence-electron chi connectivity index (χ1n) is 6.73. The van der Waals surface area contributed by atoms with Gasteiger partial charge in [0.15, 0.2) is 0 Å². The van der Waals surface area contributed by atoms with Gasteiger partial charge in [0.25, 0.3) is 0 Å². The van der Waals surface area contributed by atoms with Gasteiger partial charge in [-0.15, -0.1) is 0 Å². The molecule has 2 fully saturated rings. The summed E-state index contributed by atoms with van der Waals surface area (Å²) in [6.45, 7) is 4.34. The molecule has 16 heavy (non-hydrogen) atoms. The van der Waals surface area contributed by atoms with E-state index in [4.69, 9.17) is 4.74 Å². The monoisotopic (exact) mass is 226 g/mol. The Hall–Kier alpha value is -0.120. The fourth-order valence-corrected chi connectivity index (χ4v) is 2.78. The minimum atomic E-state index is 0.703. The summed E-state index contributed by atoms with van der Waals surface area (Å²) < 4.78 is 5.53. The third kappa shape index (κ3) is 3.72. The molecule has 1 saturated heterocycles. The van der Waals surface area contributed by atoms with Crippen molar-refractivity contribution in [2.24, 2.45) is 11.8 Å². The molecule has 1 N–H and O–H groups in total. The van der Waals surface area contributed by atoms with Crippen molar-refractivity contribution in [3.8, 4) is 0 Å². The second kappa shape index (κ2) is 5.99. The lowest BCUT2D eigenvalue weighted by atomic mass is 10.0. The third-order valence-corrected chi connectivity index (χ3v) is 3.89. The van der Waals surface area contributed by atoms with E-state index in [0.29, 0.717) is 6.04 Å². The summed E-state index contributed by atoms with van der Waals surface area (Å²) in [4.78, 5) is 2.48. The van der Waals surface area contributed by atoms with E-state index < -0.39 is 0 Å². The van der Waals surface area contributed by atoms with Crippen LogP contribution in [0.5, 0.6) is 0 Å². The maximum atomic E-state index is 5.53. The highest BCUT2D eigenvalue weighted by Gasteiger charge is 2.31. The molecule has 0 aromatic carbocycles. The minimum Gasteiger partial charge on any atom is -0.381 e. The zero-order valence-electron chi connectivity index (χ0n) is 10.7. The molecule has 1 saturated carbocycles. The van der Waals surface area contributed by atoms with Crippen LogP contribution in [0.2, 0.25) is 0 Å². The van der Waals surface area contributed by atoms with Crippen LogP contribution in [0.3, 0.4) is 0 Å². The largest absolute Gasteiger partial charge is 0.381 e. The van der Waals surface area contributed by atoms with Crippen LogP contribution in [-0.2, 0) is 4.74 Å². The van der Waals surface area contributed by atoms with Gasteiger partial charge in [-0.2, -0.15) is 0 Å². The van der Waals surface area contributed by atoms with Gasteiger partial charge < -0.3 is 15.0 Å². The first-order chi connectivity index (χ1) is 7.79. The quantitative estimate of drug-likeness (QED) is 0.740. The van der Waals surface area contributed by atoms with E-state index in [-0.39, 0.29) is 0 Å². The van der Waals surface area contributed by atoms with Gasteiger partial charge in [0.1, 0.15) is 0 Å². The summed E-state index contributed by atoms with van der Waals surface area (Å²) in [5.74, 6) is 1.70. The minimum absolute atomic E-state index is 0.703. The molecule has 1 heterocycles. The Balaban J connectivity index is 1.67. The van der Waals surface area contributed by atoms with Crippen LogP contribution in [-0.4, -0.2) is 51.3 Å². The Morgan fingerprint density at radius 1 is 1.38 bits per heavy atom. The van der Waals surface area contributed by atoms with Gasteiger partial charge in [-0.05, 0) is 51.6 Å². The van der Waals surface area contributed by atoms with Crippen molar-refractivity contribution in [1.29, 1.82) is 0 Å². The van der Waals surface area contributed by atoms with Gasteiger partial charge in [-0.1, -0.05) is 0 Å². The van der Waals surface area contributed by atoms with E-state index in [2.05, 4.69) is 24.3 Å². The smallest absolute Gasteiger partial charge is 0.0506 e. The van der Waals surface area contributed by atoms with Crippen molar-refractivity contribution in [3.63, 3.8) is 0 Å². The Morgan fingerprint density at radius 2 is 2.19 bits per heavy atom. The lowest BCUT2D eigenvalue weighted by Crippen LogP contribution is -2.41. The Labute approximate surface area is 99.5 Å². The summed E-state index contributed by atoms with van der Waals surface area (Å²) in [6.07, 6.45) is 5.44. The fraction of sp³-hybridized carbons (Fsp3) is 1.00. The number of hydrogen-bond donors (Lipinski definition) is 1. The maximum Gasteiger partial charge on any atom is 0.0506 e. The highest BCUT2D eigenvalue weighted by atomic mass is 16.5. The Morgan fingerprint density at radius 3 is 2.75 bits per heavy atom. The molecule has 2 aliphatic rings. The molecule has 1 aliphatic carbocycles. The highest BCUT2D eigenvalue weighted by Crippen LogP contribution is 2.32. The summed E-state index contributed by atoms with van der Waals surface area (Å²) >= 11 is 0. The standard InChI is InChI=1S/C13H26N2O/c1-14-13(12-5-6-12)9-15(2)8-11-4-3-7-16-10-11/h11-14H,3-10H2,1-2H3. The Bertz CT molecular complexity index is 200. The normalized spacial score (nSPS) is 28.3. The van der Waals surface area contributed by atoms with Gasteiger partial charge in [-0.3, -0.25) is 0 Å². The predicted octanol–water partition coefficient (Wildman–Crippen LogP) is 1.34. The van der Waals surface area contributed by atoms with Crippen molar-refractivity contribution < 1.29 is 4.74 Å². The van der Waals surface area contributed by atoms with Gasteiger partial charge in [0.2, 0.25) is 0 Å². The fourth-order valence-electron chi connectivity index (χ4n) is 2.78. The molecule has 94 valence electrons. The molecule has 1 aliphatic heterocycles. The first kappa shape index (κ1) is 12.3. The zero-order valence-corrected chi connectivity index (χ0v) is 10.7. The molecule has 0 radical (unpaired) electrons. The van der Waals surface area contributed by atoms with Crippen LogP contribution in [0.1, 0.15) is 25.7 Å². The van der Waals surface area contributed by atoms with Gasteiger partial charge >= 0.3 is 0 Å². The number of likely N-dealkylation sites (N-methyl/N-ethyl adjacent to an activating group) is 2. The number of nitrogens with zero attached hydrogens (tertiary/aromatic N) is 1. The van der Waals surface area contributed by atoms with Crippen molar-refractivity contribution in [2.75, 3.05) is 40.4 Å². The zero-order chi connectivity index (χ0) is 11.4. The number of ether oxygens (including phenoxy) is 1. The van der Waals surface area contributed by atoms with Crippen LogP contribution in [0, 0.1) is 11.8 Å². The summed E-state index contributed by atoms with van der Waals surface area (Å²) in [7, 11) is 4.35. The predicted molar refractivity (Wildman–Crippen MR) is 66.6 cm³/mol. The van der Waals surface area contributed by atoms with Crippen LogP contribution < -0.4 is 5.32 Å². The number of rotatable bonds is 6. The molecule has 0 aromatic heterocycles. The molecule has 2 atom stereocenters. The second-order valence-electron chi connectivity index (χ2n) is 5.54. The SMILES string of the molecule is CNC(CN(C)CC1CCCOC1)C1CC1. The van der Waals surface area contributed by atoms with E-state index in [1.165, 1.54) is 38.8 Å². The molecule has 3 nitrogen and oxygen atoms in total. The molecular weight excluding hydrogens is 200 g/mol. The molecule has 0 amide bonds. The van der Waals surface area contributed by atoms with Crippen molar-refractivity contribution >= 4 is 0 Å². The molecule has 0 spiro atoms. The van der Waals surface area contributed by atoms with E-state index in [1.54, 1.807) is 0 Å². The number of nitrogens with one attached hydrogen (secondary N) is 1. The van der Waals surface area contributed by atoms with Crippen molar-refractivity contribution in [1.82, 2.24) is 10.2 Å². The number of hydrogen-bond acceptors (Lipinski definition) is 3. The van der Waals surface area contributed by atoms with Crippen LogP contribution in [0.4, 0.5) is 0 Å². The molecule has 3 heteroatoms. The second-order valence-corrected chi connectivity index (χ2v) is 5.54. The van der Waals surface area contributed by atoms with Crippen molar-refractivity contribution in [3.05, 3.63) is 0 Å². The van der Waals surface area contributed by atoms with Crippen molar-refractivity contribution in [2.45, 2.75) is 31.7 Å². The topological polar surface area (TPSA) is 24.5 Å². The lowest BCUT2D eigenvalue weighted by Gasteiger charge is -2.29. The highest BCUT2D eigenvalue weighted by molar-refractivity contribution is 4.87. The molecule has 0 aromatic rings. The van der Waals surface area contributed by atoms with Gasteiger partial charge in [0, 0.05) is 25.7 Å². The average Bonchev–Trinajstić information content (AvgIpc) is 3.11. The Kier molecular flexibility index (Phi) is 4.62. The van der Waals surface area contributed by atoms with E-state index in [1.807, 2.05) is 0 Å². The van der Waals surface area contributed by atoms with Gasteiger partial charge in [0.05, 0.1) is 6.61 Å². The molecule has 0 bridgehead atoms. The van der Waals surface area contributed by atoms with Gasteiger partial charge in [-0.25, -0.2) is 0 Å². The summed E-state index contributed by atoms with van der Waals surface area (Å²) in [6, 6.07) is 0.703. The summed E-state index contributed by atoms with van der Waals surface area (Å²) in [5, 5.41) is 3.46.